The van der Waals surface area contributed by atoms with Crippen LogP contribution in [0.3, 0.4) is 0 Å². The lowest BCUT2D eigenvalue weighted by atomic mass is 9.97. The SMILES string of the molecule is Cc1cccc(-c2ncc(CNCCN3CCC[C@H](C(N)=O)C3)cn2)c1. The highest BCUT2D eigenvalue weighted by Gasteiger charge is 2.23. The lowest BCUT2D eigenvalue weighted by molar-refractivity contribution is -0.123. The molecule has 2 heterocycles. The molecule has 1 fully saturated rings. The molecule has 6 heteroatoms. The minimum absolute atomic E-state index is 0.00585. The number of aryl methyl sites for hydroxylation is 1. The number of carbonyl (C=O) groups is 1. The highest BCUT2D eigenvalue weighted by molar-refractivity contribution is 5.76. The van der Waals surface area contributed by atoms with Gasteiger partial charge in [-0.05, 0) is 32.4 Å². The van der Waals surface area contributed by atoms with E-state index in [1.165, 1.54) is 5.56 Å². The van der Waals surface area contributed by atoms with Crippen LogP contribution in [0.1, 0.15) is 24.0 Å². The van der Waals surface area contributed by atoms with E-state index in [4.69, 9.17) is 5.73 Å². The number of hydrogen-bond acceptors (Lipinski definition) is 5. The summed E-state index contributed by atoms with van der Waals surface area (Å²) in [6.07, 6.45) is 5.72. The standard InChI is InChI=1S/C20H27N5O/c1-15-4-2-5-17(10-15)20-23-12-16(13-24-20)11-22-7-9-25-8-3-6-18(14-25)19(21)26/h2,4-5,10,12-13,18,22H,3,6-9,11,14H2,1H3,(H2,21,26)/t18-/m0/s1. The molecule has 0 spiro atoms. The van der Waals surface area contributed by atoms with Crippen molar-refractivity contribution in [3.05, 3.63) is 47.8 Å². The fraction of sp³-hybridized carbons (Fsp3) is 0.450. The summed E-state index contributed by atoms with van der Waals surface area (Å²) in [7, 11) is 0. The molecule has 6 nitrogen and oxygen atoms in total. The first-order valence-electron chi connectivity index (χ1n) is 9.22. The minimum Gasteiger partial charge on any atom is -0.369 e. The van der Waals surface area contributed by atoms with Gasteiger partial charge in [-0.1, -0.05) is 23.8 Å². The molecule has 3 N–H and O–H groups in total. The number of amides is 1. The number of aromatic nitrogens is 2. The van der Waals surface area contributed by atoms with Crippen LogP contribution in [0.2, 0.25) is 0 Å². The molecule has 0 bridgehead atoms. The summed E-state index contributed by atoms with van der Waals surface area (Å²) in [6.45, 7) is 6.42. The Morgan fingerprint density at radius 2 is 2.15 bits per heavy atom. The predicted octanol–water partition coefficient (Wildman–Crippen LogP) is 1.74. The number of benzene rings is 1. The van der Waals surface area contributed by atoms with Crippen LogP contribution in [0.4, 0.5) is 0 Å². The van der Waals surface area contributed by atoms with Crippen LogP contribution >= 0.6 is 0 Å². The molecule has 0 radical (unpaired) electrons. The first-order valence-corrected chi connectivity index (χ1v) is 9.22. The van der Waals surface area contributed by atoms with Crippen molar-refractivity contribution in [3.8, 4) is 11.4 Å². The zero-order chi connectivity index (χ0) is 18.4. The maximum absolute atomic E-state index is 11.3. The lowest BCUT2D eigenvalue weighted by Crippen LogP contribution is -2.43. The van der Waals surface area contributed by atoms with Crippen LogP contribution in [0.15, 0.2) is 36.7 Å². The van der Waals surface area contributed by atoms with Crippen LogP contribution in [0.25, 0.3) is 11.4 Å². The third-order valence-electron chi connectivity index (χ3n) is 4.82. The Kier molecular flexibility index (Phi) is 6.30. The summed E-state index contributed by atoms with van der Waals surface area (Å²) >= 11 is 0. The molecule has 1 aliphatic heterocycles. The first kappa shape index (κ1) is 18.5. The largest absolute Gasteiger partial charge is 0.369 e. The van der Waals surface area contributed by atoms with Crippen LogP contribution in [0, 0.1) is 12.8 Å². The molecule has 2 aromatic rings. The highest BCUT2D eigenvalue weighted by Crippen LogP contribution is 2.16. The van der Waals surface area contributed by atoms with E-state index in [-0.39, 0.29) is 11.8 Å². The molecule has 1 aromatic carbocycles. The van der Waals surface area contributed by atoms with Gasteiger partial charge in [0, 0.05) is 49.7 Å². The molecule has 0 aliphatic carbocycles. The van der Waals surface area contributed by atoms with Gasteiger partial charge in [0.1, 0.15) is 0 Å². The number of primary amides is 1. The molecule has 0 saturated carbocycles. The van der Waals surface area contributed by atoms with Gasteiger partial charge in [0.05, 0.1) is 5.92 Å². The van der Waals surface area contributed by atoms with Crippen molar-refractivity contribution >= 4 is 5.91 Å². The van der Waals surface area contributed by atoms with Gasteiger partial charge in [-0.15, -0.1) is 0 Å². The van der Waals surface area contributed by atoms with Crippen LogP contribution in [-0.4, -0.2) is 47.0 Å². The van der Waals surface area contributed by atoms with E-state index in [1.807, 2.05) is 24.5 Å². The zero-order valence-corrected chi connectivity index (χ0v) is 15.3. The van der Waals surface area contributed by atoms with Gasteiger partial charge < -0.3 is 16.0 Å². The Bertz CT molecular complexity index is 731. The monoisotopic (exact) mass is 353 g/mol. The van der Waals surface area contributed by atoms with E-state index in [2.05, 4.69) is 39.2 Å². The number of carbonyl (C=O) groups excluding carboxylic acids is 1. The van der Waals surface area contributed by atoms with E-state index >= 15 is 0 Å². The lowest BCUT2D eigenvalue weighted by Gasteiger charge is -2.31. The molecule has 1 atom stereocenters. The number of likely N-dealkylation sites (tertiary alicyclic amines) is 1. The van der Waals surface area contributed by atoms with Crippen molar-refractivity contribution < 1.29 is 4.79 Å². The molecule has 1 amide bonds. The first-order chi connectivity index (χ1) is 12.6. The molecular formula is C20H27N5O. The zero-order valence-electron chi connectivity index (χ0n) is 15.3. The second kappa shape index (κ2) is 8.87. The number of nitrogens with zero attached hydrogens (tertiary/aromatic N) is 3. The number of hydrogen-bond donors (Lipinski definition) is 2. The fourth-order valence-electron chi connectivity index (χ4n) is 3.34. The normalized spacial score (nSPS) is 18.0. The van der Waals surface area contributed by atoms with Crippen LogP contribution < -0.4 is 11.1 Å². The average Bonchev–Trinajstić information content (AvgIpc) is 2.66. The van der Waals surface area contributed by atoms with Gasteiger partial charge in [0.2, 0.25) is 5.91 Å². The van der Waals surface area contributed by atoms with Crippen LogP contribution in [-0.2, 0) is 11.3 Å². The van der Waals surface area contributed by atoms with Crippen molar-refractivity contribution in [2.75, 3.05) is 26.2 Å². The van der Waals surface area contributed by atoms with Gasteiger partial charge in [-0.2, -0.15) is 0 Å². The molecule has 138 valence electrons. The van der Waals surface area contributed by atoms with E-state index in [9.17, 15) is 4.79 Å². The van der Waals surface area contributed by atoms with E-state index in [0.717, 1.165) is 62.5 Å². The quantitative estimate of drug-likeness (QED) is 0.741. The van der Waals surface area contributed by atoms with Gasteiger partial charge in [0.25, 0.3) is 0 Å². The highest BCUT2D eigenvalue weighted by atomic mass is 16.1. The maximum Gasteiger partial charge on any atom is 0.221 e. The van der Waals surface area contributed by atoms with Gasteiger partial charge in [-0.3, -0.25) is 4.79 Å². The van der Waals surface area contributed by atoms with Crippen molar-refractivity contribution in [3.63, 3.8) is 0 Å². The van der Waals surface area contributed by atoms with Gasteiger partial charge in [-0.25, -0.2) is 9.97 Å². The summed E-state index contributed by atoms with van der Waals surface area (Å²) in [5.74, 6) is 0.586. The smallest absolute Gasteiger partial charge is 0.221 e. The van der Waals surface area contributed by atoms with Gasteiger partial charge in [0.15, 0.2) is 5.82 Å². The van der Waals surface area contributed by atoms with E-state index in [0.29, 0.717) is 0 Å². The summed E-state index contributed by atoms with van der Waals surface area (Å²) in [4.78, 5) is 22.6. The Morgan fingerprint density at radius 3 is 2.88 bits per heavy atom. The minimum atomic E-state index is -0.173. The second-order valence-corrected chi connectivity index (χ2v) is 7.00. The second-order valence-electron chi connectivity index (χ2n) is 7.00. The molecular weight excluding hydrogens is 326 g/mol. The summed E-state index contributed by atoms with van der Waals surface area (Å²) in [5.41, 5.74) is 8.73. The average molecular weight is 353 g/mol. The van der Waals surface area contributed by atoms with Gasteiger partial charge >= 0.3 is 0 Å². The van der Waals surface area contributed by atoms with Crippen molar-refractivity contribution in [2.24, 2.45) is 11.7 Å². The molecule has 26 heavy (non-hydrogen) atoms. The van der Waals surface area contributed by atoms with E-state index in [1.54, 1.807) is 0 Å². The Morgan fingerprint density at radius 1 is 1.35 bits per heavy atom. The van der Waals surface area contributed by atoms with E-state index < -0.39 is 0 Å². The summed E-state index contributed by atoms with van der Waals surface area (Å²) in [5, 5.41) is 3.42. The summed E-state index contributed by atoms with van der Waals surface area (Å²) < 4.78 is 0. The molecule has 1 saturated heterocycles. The molecule has 1 aromatic heterocycles. The number of rotatable bonds is 7. The Hall–Kier alpha value is -2.31. The fourth-order valence-corrected chi connectivity index (χ4v) is 3.34. The topological polar surface area (TPSA) is 84.1 Å². The van der Waals surface area contributed by atoms with Crippen molar-refractivity contribution in [1.29, 1.82) is 0 Å². The van der Waals surface area contributed by atoms with Crippen LogP contribution in [0.5, 0.6) is 0 Å². The molecule has 0 unspecified atom stereocenters. The Balaban J connectivity index is 1.43. The number of piperidine rings is 1. The Labute approximate surface area is 154 Å². The summed E-state index contributed by atoms with van der Waals surface area (Å²) in [6, 6.07) is 8.20. The van der Waals surface area contributed by atoms with Crippen molar-refractivity contribution in [2.45, 2.75) is 26.3 Å². The number of nitrogens with two attached hydrogens (primary N) is 1. The predicted molar refractivity (Wildman–Crippen MR) is 102 cm³/mol. The third kappa shape index (κ3) is 5.09. The number of nitrogens with one attached hydrogen (secondary N) is 1. The third-order valence-corrected chi connectivity index (χ3v) is 4.82. The van der Waals surface area contributed by atoms with Crippen molar-refractivity contribution in [1.82, 2.24) is 20.2 Å². The molecule has 1 aliphatic rings. The molecule has 3 rings (SSSR count). The maximum atomic E-state index is 11.3.